The number of alkyl halides is 3. The summed E-state index contributed by atoms with van der Waals surface area (Å²) in [7, 11) is -4.50. The van der Waals surface area contributed by atoms with E-state index in [1.54, 1.807) is 37.3 Å². The van der Waals surface area contributed by atoms with E-state index in [2.05, 4.69) is 5.32 Å². The molecule has 0 aliphatic carbocycles. The van der Waals surface area contributed by atoms with E-state index in [0.717, 1.165) is 25.0 Å². The molecule has 0 saturated heterocycles. The number of nitrogens with zero attached hydrogens (tertiary/aromatic N) is 2. The zero-order valence-electron chi connectivity index (χ0n) is 23.3. The minimum absolute atomic E-state index is 0.125. The Kier molecular flexibility index (Phi) is 11.4. The largest absolute Gasteiger partial charge is 0.416 e. The first kappa shape index (κ1) is 32.9. The minimum Gasteiger partial charge on any atom is -0.354 e. The Balaban J connectivity index is 2.09. The van der Waals surface area contributed by atoms with Crippen LogP contribution in [0.15, 0.2) is 83.8 Å². The van der Waals surface area contributed by atoms with Crippen LogP contribution in [0.25, 0.3) is 0 Å². The van der Waals surface area contributed by atoms with Gasteiger partial charge in [-0.2, -0.15) is 13.2 Å². The van der Waals surface area contributed by atoms with Crippen LogP contribution >= 0.6 is 11.6 Å². The Hall–Kier alpha value is -3.57. The van der Waals surface area contributed by atoms with Gasteiger partial charge in [0.1, 0.15) is 12.6 Å². The maximum Gasteiger partial charge on any atom is 0.416 e. The van der Waals surface area contributed by atoms with Crippen molar-refractivity contribution < 1.29 is 31.2 Å². The molecule has 0 spiro atoms. The van der Waals surface area contributed by atoms with E-state index in [1.165, 1.54) is 35.2 Å². The van der Waals surface area contributed by atoms with Crippen molar-refractivity contribution in [1.29, 1.82) is 0 Å². The smallest absolute Gasteiger partial charge is 0.354 e. The van der Waals surface area contributed by atoms with Crippen molar-refractivity contribution in [3.63, 3.8) is 0 Å². The van der Waals surface area contributed by atoms with Gasteiger partial charge in [-0.15, -0.1) is 0 Å². The molecule has 0 heterocycles. The van der Waals surface area contributed by atoms with Gasteiger partial charge in [0, 0.05) is 18.1 Å². The highest BCUT2D eigenvalue weighted by Crippen LogP contribution is 2.33. The van der Waals surface area contributed by atoms with Gasteiger partial charge in [0.25, 0.3) is 10.0 Å². The lowest BCUT2D eigenvalue weighted by Gasteiger charge is -2.33. The second kappa shape index (κ2) is 14.6. The van der Waals surface area contributed by atoms with Gasteiger partial charge in [-0.25, -0.2) is 8.42 Å². The molecule has 1 atom stereocenters. The second-order valence-corrected chi connectivity index (χ2v) is 11.8. The number of nitrogens with one attached hydrogen (secondary N) is 1. The standard InChI is InChI=1S/C30H33ClF3N3O4S/c1-3-5-18-35-29(39)27(4-2)36(20-22-12-9-10-17-26(22)31)28(38)21-37(42(40,41)25-15-7-6-8-16-25)24-14-11-13-23(19-24)30(32,33)34/h6-17,19,27H,3-5,18,20-21H2,1-2H3,(H,35,39). The lowest BCUT2D eigenvalue weighted by atomic mass is 10.1. The van der Waals surface area contributed by atoms with Crippen LogP contribution in [0.3, 0.4) is 0 Å². The molecule has 0 bridgehead atoms. The molecule has 1 N–H and O–H groups in total. The topological polar surface area (TPSA) is 86.8 Å². The number of halogens is 4. The fourth-order valence-electron chi connectivity index (χ4n) is 4.32. The first-order chi connectivity index (χ1) is 19.9. The Labute approximate surface area is 249 Å². The molecular formula is C30H33ClF3N3O4S. The van der Waals surface area contributed by atoms with Crippen molar-refractivity contribution in [2.75, 3.05) is 17.4 Å². The fourth-order valence-corrected chi connectivity index (χ4v) is 5.94. The van der Waals surface area contributed by atoms with Gasteiger partial charge in [-0.1, -0.05) is 74.3 Å². The molecule has 12 heteroatoms. The zero-order chi connectivity index (χ0) is 30.9. The monoisotopic (exact) mass is 623 g/mol. The summed E-state index contributed by atoms with van der Waals surface area (Å²) in [4.78, 5) is 28.2. The third-order valence-electron chi connectivity index (χ3n) is 6.59. The molecule has 3 rings (SSSR count). The highest BCUT2D eigenvalue weighted by atomic mass is 35.5. The van der Waals surface area contributed by atoms with Crippen LogP contribution < -0.4 is 9.62 Å². The molecule has 0 aliphatic rings. The van der Waals surface area contributed by atoms with Crippen LogP contribution in [0, 0.1) is 0 Å². The summed E-state index contributed by atoms with van der Waals surface area (Å²) in [5.74, 6) is -1.22. The van der Waals surface area contributed by atoms with Crippen LogP contribution in [0.2, 0.25) is 5.02 Å². The summed E-state index contributed by atoms with van der Waals surface area (Å²) in [6.07, 6.45) is -2.99. The molecule has 7 nitrogen and oxygen atoms in total. The van der Waals surface area contributed by atoms with Crippen LogP contribution in [0.5, 0.6) is 0 Å². The third-order valence-corrected chi connectivity index (χ3v) is 8.74. The Bertz CT molecular complexity index is 1470. The molecule has 3 aromatic carbocycles. The number of hydrogen-bond donors (Lipinski definition) is 1. The average molecular weight is 624 g/mol. The SMILES string of the molecule is CCCCNC(=O)C(CC)N(Cc1ccccc1Cl)C(=O)CN(c1cccc(C(F)(F)F)c1)S(=O)(=O)c1ccccc1. The van der Waals surface area contributed by atoms with E-state index in [1.807, 2.05) is 6.92 Å². The molecule has 1 unspecified atom stereocenters. The molecule has 0 aromatic heterocycles. The number of anilines is 1. The van der Waals surface area contributed by atoms with Crippen molar-refractivity contribution in [3.05, 3.63) is 95.0 Å². The Morgan fingerprint density at radius 3 is 2.24 bits per heavy atom. The van der Waals surface area contributed by atoms with Gasteiger partial charge in [0.15, 0.2) is 0 Å². The summed E-state index contributed by atoms with van der Waals surface area (Å²) >= 11 is 6.37. The first-order valence-electron chi connectivity index (χ1n) is 13.5. The van der Waals surface area contributed by atoms with Gasteiger partial charge in [0.2, 0.25) is 11.8 Å². The molecule has 2 amide bonds. The number of sulfonamides is 1. The molecular weight excluding hydrogens is 591 g/mol. The van der Waals surface area contributed by atoms with Crippen LogP contribution in [0.4, 0.5) is 18.9 Å². The Morgan fingerprint density at radius 1 is 0.952 bits per heavy atom. The second-order valence-electron chi connectivity index (χ2n) is 9.55. The van der Waals surface area contributed by atoms with Crippen molar-refractivity contribution in [1.82, 2.24) is 10.2 Å². The number of hydrogen-bond acceptors (Lipinski definition) is 4. The van der Waals surface area contributed by atoms with E-state index in [4.69, 9.17) is 11.6 Å². The molecule has 0 aliphatic heterocycles. The highest BCUT2D eigenvalue weighted by Gasteiger charge is 2.36. The van der Waals surface area contributed by atoms with E-state index < -0.39 is 46.2 Å². The van der Waals surface area contributed by atoms with Crippen LogP contribution in [-0.2, 0) is 32.3 Å². The molecule has 42 heavy (non-hydrogen) atoms. The lowest BCUT2D eigenvalue weighted by Crippen LogP contribution is -2.52. The maximum absolute atomic E-state index is 14.0. The minimum atomic E-state index is -4.75. The highest BCUT2D eigenvalue weighted by molar-refractivity contribution is 7.92. The van der Waals surface area contributed by atoms with Gasteiger partial charge < -0.3 is 10.2 Å². The third kappa shape index (κ3) is 8.25. The summed E-state index contributed by atoms with van der Waals surface area (Å²) in [6, 6.07) is 16.6. The summed E-state index contributed by atoms with van der Waals surface area (Å²) in [6.45, 7) is 3.08. The van der Waals surface area contributed by atoms with Gasteiger partial charge in [-0.05, 0) is 54.8 Å². The predicted molar refractivity (Wildman–Crippen MR) is 156 cm³/mol. The number of carbonyl (C=O) groups is 2. The van der Waals surface area contributed by atoms with Crippen molar-refractivity contribution in [3.8, 4) is 0 Å². The van der Waals surface area contributed by atoms with Crippen LogP contribution in [-0.4, -0.2) is 44.3 Å². The molecule has 3 aromatic rings. The molecule has 0 saturated carbocycles. The maximum atomic E-state index is 14.0. The quantitative estimate of drug-likeness (QED) is 0.227. The number of rotatable bonds is 13. The average Bonchev–Trinajstić information content (AvgIpc) is 2.96. The number of benzene rings is 3. The van der Waals surface area contributed by atoms with E-state index in [9.17, 15) is 31.2 Å². The van der Waals surface area contributed by atoms with Gasteiger partial charge in [-0.3, -0.25) is 13.9 Å². The van der Waals surface area contributed by atoms with Gasteiger partial charge in [0.05, 0.1) is 16.1 Å². The van der Waals surface area contributed by atoms with Crippen molar-refractivity contribution >= 4 is 39.1 Å². The van der Waals surface area contributed by atoms with Gasteiger partial charge >= 0.3 is 6.18 Å². The lowest BCUT2D eigenvalue weighted by molar-refractivity contribution is -0.140. The van der Waals surface area contributed by atoms with E-state index >= 15 is 0 Å². The first-order valence-corrected chi connectivity index (χ1v) is 15.3. The normalized spacial score (nSPS) is 12.4. The zero-order valence-corrected chi connectivity index (χ0v) is 24.8. The number of unbranched alkanes of at least 4 members (excludes halogenated alkanes) is 1. The summed E-state index contributed by atoms with van der Waals surface area (Å²) in [5.41, 5.74) is -0.903. The fraction of sp³-hybridized carbons (Fsp3) is 0.333. The van der Waals surface area contributed by atoms with Crippen molar-refractivity contribution in [2.45, 2.75) is 56.8 Å². The number of amides is 2. The predicted octanol–water partition coefficient (Wildman–Crippen LogP) is 6.28. The summed E-state index contributed by atoms with van der Waals surface area (Å²) in [5, 5.41) is 3.15. The molecule has 0 fully saturated rings. The summed E-state index contributed by atoms with van der Waals surface area (Å²) < 4.78 is 69.0. The van der Waals surface area contributed by atoms with E-state index in [-0.39, 0.29) is 23.5 Å². The van der Waals surface area contributed by atoms with Crippen molar-refractivity contribution in [2.24, 2.45) is 0 Å². The number of carbonyl (C=O) groups excluding carboxylic acids is 2. The Morgan fingerprint density at radius 2 is 1.62 bits per heavy atom. The van der Waals surface area contributed by atoms with E-state index in [0.29, 0.717) is 27.5 Å². The molecule has 0 radical (unpaired) electrons. The van der Waals surface area contributed by atoms with Crippen LogP contribution in [0.1, 0.15) is 44.2 Å². The molecule has 226 valence electrons.